The Morgan fingerprint density at radius 3 is 2.67 bits per heavy atom. The van der Waals surface area contributed by atoms with Crippen molar-refractivity contribution < 1.29 is 9.59 Å². The van der Waals surface area contributed by atoms with E-state index in [4.69, 9.17) is 5.73 Å². The number of rotatable bonds is 7. The molecule has 1 unspecified atom stereocenters. The summed E-state index contributed by atoms with van der Waals surface area (Å²) >= 11 is 0. The number of hydrogen-bond acceptors (Lipinski definition) is 3. The van der Waals surface area contributed by atoms with Crippen LogP contribution in [-0.2, 0) is 9.59 Å². The van der Waals surface area contributed by atoms with Gasteiger partial charge in [0, 0.05) is 12.5 Å². The van der Waals surface area contributed by atoms with E-state index in [0.29, 0.717) is 6.54 Å². The van der Waals surface area contributed by atoms with Gasteiger partial charge in [0.25, 0.3) is 0 Å². The van der Waals surface area contributed by atoms with Crippen LogP contribution >= 0.6 is 0 Å². The first kappa shape index (κ1) is 12.0. The molecule has 0 heterocycles. The molecule has 1 saturated carbocycles. The number of nitrogens with two attached hydrogens (primary N) is 1. The minimum atomic E-state index is -0.395. The third kappa shape index (κ3) is 6.06. The van der Waals surface area contributed by atoms with Gasteiger partial charge in [-0.1, -0.05) is 0 Å². The molecule has 0 bridgehead atoms. The molecule has 0 saturated heterocycles. The molecule has 1 atom stereocenters. The Bertz CT molecular complexity index is 239. The van der Waals surface area contributed by atoms with E-state index in [0.717, 1.165) is 12.5 Å². The van der Waals surface area contributed by atoms with Gasteiger partial charge >= 0.3 is 0 Å². The molecule has 0 radical (unpaired) electrons. The van der Waals surface area contributed by atoms with Gasteiger partial charge in [-0.15, -0.1) is 0 Å². The van der Waals surface area contributed by atoms with Crippen LogP contribution in [0.25, 0.3) is 0 Å². The Morgan fingerprint density at radius 1 is 1.47 bits per heavy atom. The third-order valence-electron chi connectivity index (χ3n) is 2.33. The molecule has 0 spiro atoms. The summed E-state index contributed by atoms with van der Waals surface area (Å²) in [6, 6.07) is -0.183. The number of nitrogens with one attached hydrogen (secondary N) is 2. The summed E-state index contributed by atoms with van der Waals surface area (Å²) < 4.78 is 0. The van der Waals surface area contributed by atoms with Gasteiger partial charge in [0.2, 0.25) is 11.8 Å². The van der Waals surface area contributed by atoms with Crippen LogP contribution in [0, 0.1) is 5.92 Å². The van der Waals surface area contributed by atoms with E-state index in [1.54, 1.807) is 6.92 Å². The number of amides is 2. The first-order valence-electron chi connectivity index (χ1n) is 5.36. The summed E-state index contributed by atoms with van der Waals surface area (Å²) in [5, 5.41) is 5.78. The van der Waals surface area contributed by atoms with Crippen LogP contribution in [0.3, 0.4) is 0 Å². The van der Waals surface area contributed by atoms with Crippen molar-refractivity contribution in [2.45, 2.75) is 32.2 Å². The predicted molar refractivity (Wildman–Crippen MR) is 57.0 cm³/mol. The zero-order valence-electron chi connectivity index (χ0n) is 9.08. The van der Waals surface area contributed by atoms with Crippen molar-refractivity contribution in [1.29, 1.82) is 0 Å². The predicted octanol–water partition coefficient (Wildman–Crippen LogP) is -0.634. The van der Waals surface area contributed by atoms with Crippen molar-refractivity contribution in [3.8, 4) is 0 Å². The average Bonchev–Trinajstić information content (AvgIpc) is 2.85. The van der Waals surface area contributed by atoms with E-state index in [-0.39, 0.29) is 18.4 Å². The molecule has 1 fully saturated rings. The maximum absolute atomic E-state index is 11.3. The average molecular weight is 213 g/mol. The molecule has 1 rings (SSSR count). The van der Waals surface area contributed by atoms with Crippen molar-refractivity contribution in [2.24, 2.45) is 11.7 Å². The molecule has 0 aromatic rings. The Balaban J connectivity index is 2.02. The molecule has 0 aromatic heterocycles. The molecule has 1 aliphatic carbocycles. The maximum atomic E-state index is 11.3. The molecule has 5 heteroatoms. The monoisotopic (exact) mass is 213 g/mol. The van der Waals surface area contributed by atoms with Gasteiger partial charge in [0.1, 0.15) is 0 Å². The molecule has 86 valence electrons. The Kier molecular flexibility index (Phi) is 4.55. The lowest BCUT2D eigenvalue weighted by Gasteiger charge is -2.12. The topological polar surface area (TPSA) is 84.2 Å². The van der Waals surface area contributed by atoms with Crippen LogP contribution in [0.1, 0.15) is 26.2 Å². The van der Waals surface area contributed by atoms with E-state index < -0.39 is 5.91 Å². The van der Waals surface area contributed by atoms with Crippen LogP contribution in [0.2, 0.25) is 0 Å². The Labute approximate surface area is 89.8 Å². The fourth-order valence-corrected chi connectivity index (χ4v) is 1.39. The molecule has 15 heavy (non-hydrogen) atoms. The second-order valence-electron chi connectivity index (χ2n) is 4.21. The molecule has 5 nitrogen and oxygen atoms in total. The van der Waals surface area contributed by atoms with Gasteiger partial charge in [-0.05, 0) is 32.2 Å². The highest BCUT2D eigenvalue weighted by Crippen LogP contribution is 2.27. The van der Waals surface area contributed by atoms with E-state index in [1.807, 2.05) is 0 Å². The zero-order valence-corrected chi connectivity index (χ0v) is 9.08. The first-order chi connectivity index (χ1) is 7.08. The van der Waals surface area contributed by atoms with Crippen molar-refractivity contribution in [1.82, 2.24) is 10.6 Å². The fraction of sp³-hybridized carbons (Fsp3) is 0.800. The SMILES string of the molecule is CC(CC(N)=O)NC(=O)CNCC1CC1. The minimum Gasteiger partial charge on any atom is -0.370 e. The molecule has 0 aliphatic heterocycles. The van der Waals surface area contributed by atoms with Crippen molar-refractivity contribution in [3.05, 3.63) is 0 Å². The highest BCUT2D eigenvalue weighted by atomic mass is 16.2. The van der Waals surface area contributed by atoms with Crippen molar-refractivity contribution >= 4 is 11.8 Å². The summed E-state index contributed by atoms with van der Waals surface area (Å²) in [5.41, 5.74) is 5.01. The smallest absolute Gasteiger partial charge is 0.234 e. The maximum Gasteiger partial charge on any atom is 0.234 e. The number of primary amides is 1. The zero-order chi connectivity index (χ0) is 11.3. The van der Waals surface area contributed by atoms with Crippen LogP contribution in [-0.4, -0.2) is 30.9 Å². The summed E-state index contributed by atoms with van der Waals surface area (Å²) in [6.45, 7) is 3.00. The molecule has 2 amide bonds. The largest absolute Gasteiger partial charge is 0.370 e. The van der Waals surface area contributed by atoms with Crippen LogP contribution in [0.5, 0.6) is 0 Å². The molecular formula is C10H19N3O2. The normalized spacial score (nSPS) is 17.1. The lowest BCUT2D eigenvalue weighted by Crippen LogP contribution is -2.41. The molecular weight excluding hydrogens is 194 g/mol. The highest BCUT2D eigenvalue weighted by Gasteiger charge is 2.20. The quantitative estimate of drug-likeness (QED) is 0.526. The van der Waals surface area contributed by atoms with Gasteiger partial charge in [-0.2, -0.15) is 0 Å². The number of carbonyl (C=O) groups excluding carboxylic acids is 2. The van der Waals surface area contributed by atoms with Gasteiger partial charge < -0.3 is 16.4 Å². The van der Waals surface area contributed by atoms with Gasteiger partial charge in [-0.3, -0.25) is 9.59 Å². The van der Waals surface area contributed by atoms with Crippen LogP contribution in [0.4, 0.5) is 0 Å². The second kappa shape index (κ2) is 5.70. The highest BCUT2D eigenvalue weighted by molar-refractivity contribution is 5.80. The van der Waals surface area contributed by atoms with Gasteiger partial charge in [0.05, 0.1) is 6.54 Å². The third-order valence-corrected chi connectivity index (χ3v) is 2.33. The number of carbonyl (C=O) groups is 2. The molecule has 0 aromatic carbocycles. The Hall–Kier alpha value is -1.10. The van der Waals surface area contributed by atoms with E-state index >= 15 is 0 Å². The van der Waals surface area contributed by atoms with E-state index in [2.05, 4.69) is 10.6 Å². The fourth-order valence-electron chi connectivity index (χ4n) is 1.39. The number of hydrogen-bond donors (Lipinski definition) is 3. The first-order valence-corrected chi connectivity index (χ1v) is 5.36. The lowest BCUT2D eigenvalue weighted by atomic mass is 10.2. The van der Waals surface area contributed by atoms with E-state index in [1.165, 1.54) is 12.8 Å². The van der Waals surface area contributed by atoms with E-state index in [9.17, 15) is 9.59 Å². The van der Waals surface area contributed by atoms with Crippen LogP contribution in [0.15, 0.2) is 0 Å². The summed E-state index contributed by atoms with van der Waals surface area (Å²) in [6.07, 6.45) is 2.73. The van der Waals surface area contributed by atoms with Gasteiger partial charge in [0.15, 0.2) is 0 Å². The lowest BCUT2D eigenvalue weighted by molar-refractivity contribution is -0.121. The Morgan fingerprint density at radius 2 is 2.13 bits per heavy atom. The second-order valence-corrected chi connectivity index (χ2v) is 4.21. The van der Waals surface area contributed by atoms with Gasteiger partial charge in [-0.25, -0.2) is 0 Å². The van der Waals surface area contributed by atoms with Crippen molar-refractivity contribution in [3.63, 3.8) is 0 Å². The summed E-state index contributed by atoms with van der Waals surface area (Å²) in [7, 11) is 0. The van der Waals surface area contributed by atoms with Crippen LogP contribution < -0.4 is 16.4 Å². The summed E-state index contributed by atoms with van der Waals surface area (Å²) in [5.74, 6) is 0.291. The van der Waals surface area contributed by atoms with Crippen molar-refractivity contribution in [2.75, 3.05) is 13.1 Å². The standard InChI is InChI=1S/C10H19N3O2/c1-7(4-9(11)14)13-10(15)6-12-5-8-2-3-8/h7-8,12H,2-6H2,1H3,(H2,11,14)(H,13,15). The molecule has 1 aliphatic rings. The minimum absolute atomic E-state index is 0.0793. The summed E-state index contributed by atoms with van der Waals surface area (Å²) in [4.78, 5) is 21.9. The molecule has 4 N–H and O–H groups in total.